The first-order chi connectivity index (χ1) is 15.5. The molecule has 5 rings (SSSR count). The van der Waals surface area contributed by atoms with E-state index in [1.54, 1.807) is 36.3 Å². The van der Waals surface area contributed by atoms with Crippen molar-refractivity contribution in [1.29, 1.82) is 0 Å². The zero-order valence-electron chi connectivity index (χ0n) is 16.6. The van der Waals surface area contributed by atoms with E-state index in [0.29, 0.717) is 6.42 Å². The second-order valence-corrected chi connectivity index (χ2v) is 10.8. The van der Waals surface area contributed by atoms with Gasteiger partial charge in [0.05, 0.1) is 11.2 Å². The number of thioether (sulfide) groups is 1. The Morgan fingerprint density at radius 1 is 0.969 bits per heavy atom. The third kappa shape index (κ3) is 4.09. The highest BCUT2D eigenvalue weighted by atomic mass is 35.5. The van der Waals surface area contributed by atoms with Gasteiger partial charge in [-0.15, -0.1) is 11.8 Å². The van der Waals surface area contributed by atoms with E-state index in [1.165, 1.54) is 11.8 Å². The number of allylic oxidation sites excluding steroid dienone is 1. The number of hydrogen-bond acceptors (Lipinski definition) is 6. The molecule has 1 aliphatic heterocycles. The summed E-state index contributed by atoms with van der Waals surface area (Å²) in [5.41, 5.74) is 4.81. The molecule has 0 saturated heterocycles. The molecule has 0 spiro atoms. The van der Waals surface area contributed by atoms with E-state index >= 15 is 0 Å². The fourth-order valence-electron chi connectivity index (χ4n) is 3.57. The van der Waals surface area contributed by atoms with Gasteiger partial charge >= 0.3 is 0 Å². The Morgan fingerprint density at radius 2 is 1.81 bits per heavy atom. The molecule has 1 unspecified atom stereocenters. The van der Waals surface area contributed by atoms with Gasteiger partial charge in [0.25, 0.3) is 0 Å². The summed E-state index contributed by atoms with van der Waals surface area (Å²) in [5, 5.41) is 2.87. The van der Waals surface area contributed by atoms with Gasteiger partial charge in [-0.2, -0.15) is 0 Å². The molecular weight excluding hydrogens is 464 g/mol. The number of halogens is 1. The highest BCUT2D eigenvalue weighted by Gasteiger charge is 2.27. The van der Waals surface area contributed by atoms with Crippen molar-refractivity contribution in [2.24, 2.45) is 0 Å². The van der Waals surface area contributed by atoms with E-state index in [0.717, 1.165) is 33.2 Å². The predicted molar refractivity (Wildman–Crippen MR) is 131 cm³/mol. The number of fused-ring (bicyclic) bond motifs is 1. The smallest absolute Gasteiger partial charge is 0.245 e. The third-order valence-electron chi connectivity index (χ3n) is 5.16. The Labute approximate surface area is 194 Å². The van der Waals surface area contributed by atoms with Gasteiger partial charge in [0.2, 0.25) is 10.0 Å². The molecule has 6 nitrogen and oxygen atoms in total. The number of nitrogens with one attached hydrogen (secondary N) is 1. The Bertz CT molecular complexity index is 1440. The maximum absolute atomic E-state index is 12.7. The van der Waals surface area contributed by atoms with Gasteiger partial charge in [-0.25, -0.2) is 13.4 Å². The van der Waals surface area contributed by atoms with Crippen LogP contribution in [-0.4, -0.2) is 28.0 Å². The topological polar surface area (TPSA) is 84.8 Å². The van der Waals surface area contributed by atoms with Gasteiger partial charge in [-0.3, -0.25) is 14.7 Å². The number of aromatic nitrogens is 3. The molecule has 1 aromatic carbocycles. The second kappa shape index (κ2) is 8.54. The third-order valence-corrected chi connectivity index (χ3v) is 8.79. The molecule has 4 aromatic rings. The lowest BCUT2D eigenvalue weighted by Crippen LogP contribution is -2.23. The molecule has 32 heavy (non-hydrogen) atoms. The largest absolute Gasteiger partial charge is 0.279 e. The lowest BCUT2D eigenvalue weighted by Gasteiger charge is -2.15. The van der Waals surface area contributed by atoms with Crippen molar-refractivity contribution in [2.45, 2.75) is 11.0 Å². The number of rotatable bonds is 5. The van der Waals surface area contributed by atoms with Gasteiger partial charge in [0, 0.05) is 35.7 Å². The first-order valence-corrected chi connectivity index (χ1v) is 12.7. The molecule has 0 amide bonds. The van der Waals surface area contributed by atoms with E-state index in [9.17, 15) is 8.42 Å². The number of benzene rings is 1. The van der Waals surface area contributed by atoms with Crippen molar-refractivity contribution < 1.29 is 8.42 Å². The molecule has 4 heterocycles. The molecule has 160 valence electrons. The van der Waals surface area contributed by atoms with Crippen LogP contribution in [0.3, 0.4) is 0 Å². The van der Waals surface area contributed by atoms with E-state index in [4.69, 9.17) is 11.6 Å². The molecular formula is C23H17ClN4O2S2. The van der Waals surface area contributed by atoms with Crippen LogP contribution in [0.5, 0.6) is 0 Å². The molecule has 0 bridgehead atoms. The highest BCUT2D eigenvalue weighted by molar-refractivity contribution is 8.15. The van der Waals surface area contributed by atoms with Crippen molar-refractivity contribution in [1.82, 2.24) is 15.0 Å². The van der Waals surface area contributed by atoms with Crippen molar-refractivity contribution >= 4 is 50.0 Å². The molecule has 3 aromatic heterocycles. The first kappa shape index (κ1) is 20.9. The van der Waals surface area contributed by atoms with Crippen LogP contribution in [0.2, 0.25) is 5.15 Å². The summed E-state index contributed by atoms with van der Waals surface area (Å²) >= 11 is 7.49. The lowest BCUT2D eigenvalue weighted by atomic mass is 9.98. The fraction of sp³-hybridized carbons (Fsp3) is 0.0870. The molecule has 0 aliphatic carbocycles. The zero-order valence-corrected chi connectivity index (χ0v) is 19.0. The van der Waals surface area contributed by atoms with E-state index in [2.05, 4.69) is 19.7 Å². The van der Waals surface area contributed by atoms with E-state index in [-0.39, 0.29) is 10.8 Å². The predicted octanol–water partition coefficient (Wildman–Crippen LogP) is 5.73. The molecule has 9 heteroatoms. The van der Waals surface area contributed by atoms with Gasteiger partial charge in [0.1, 0.15) is 4.58 Å². The maximum atomic E-state index is 12.7. The standard InChI is InChI=1S/C23H17ClN4O2S2/c24-23-21(28-32(29,30)22-2-1-11-31-22)13-17(14-27-23)16-3-4-20-19(12-16)18(7-10-26-20)15-5-8-25-9-6-15/h1,3-14,22,28H,2H2. The number of hydrogen-bond donors (Lipinski definition) is 1. The Balaban J connectivity index is 1.55. The summed E-state index contributed by atoms with van der Waals surface area (Å²) in [6, 6.07) is 13.5. The average molecular weight is 481 g/mol. The Morgan fingerprint density at radius 3 is 2.59 bits per heavy atom. The summed E-state index contributed by atoms with van der Waals surface area (Å²) < 4.78 is 27.5. The number of nitrogens with zero attached hydrogens (tertiary/aromatic N) is 3. The molecule has 0 radical (unpaired) electrons. The van der Waals surface area contributed by atoms with Gasteiger partial charge in [0.15, 0.2) is 5.15 Å². The van der Waals surface area contributed by atoms with Crippen LogP contribution >= 0.6 is 23.4 Å². The van der Waals surface area contributed by atoms with Crippen molar-refractivity contribution in [3.05, 3.63) is 83.9 Å². The Kier molecular flexibility index (Phi) is 5.58. The van der Waals surface area contributed by atoms with Crippen molar-refractivity contribution in [3.8, 4) is 22.3 Å². The van der Waals surface area contributed by atoms with Gasteiger partial charge < -0.3 is 0 Å². The summed E-state index contributed by atoms with van der Waals surface area (Å²) in [5.74, 6) is 0. The van der Waals surface area contributed by atoms with Crippen LogP contribution in [0.15, 0.2) is 78.7 Å². The summed E-state index contributed by atoms with van der Waals surface area (Å²) in [6.07, 6.45) is 9.23. The van der Waals surface area contributed by atoms with E-state index in [1.807, 2.05) is 42.5 Å². The summed E-state index contributed by atoms with van der Waals surface area (Å²) in [4.78, 5) is 12.8. The normalized spacial score (nSPS) is 15.8. The van der Waals surface area contributed by atoms with Crippen molar-refractivity contribution in [3.63, 3.8) is 0 Å². The SMILES string of the molecule is O=S(=O)(Nc1cc(-c2ccc3nccc(-c4ccncc4)c3c2)cnc1Cl)C1CC=CS1. The van der Waals surface area contributed by atoms with Crippen molar-refractivity contribution in [2.75, 3.05) is 4.72 Å². The fourth-order valence-corrected chi connectivity index (χ4v) is 6.28. The van der Waals surface area contributed by atoms with Crippen LogP contribution in [0.25, 0.3) is 33.2 Å². The molecule has 1 atom stereocenters. The maximum Gasteiger partial charge on any atom is 0.245 e. The minimum absolute atomic E-state index is 0.105. The Hall–Kier alpha value is -2.94. The quantitative estimate of drug-likeness (QED) is 0.367. The van der Waals surface area contributed by atoms with Crippen LogP contribution in [-0.2, 0) is 10.0 Å². The van der Waals surface area contributed by atoms with Crippen LogP contribution in [0, 0.1) is 0 Å². The van der Waals surface area contributed by atoms with Crippen LogP contribution < -0.4 is 4.72 Å². The molecule has 0 fully saturated rings. The first-order valence-electron chi connectivity index (χ1n) is 9.78. The number of pyridine rings is 3. The summed E-state index contributed by atoms with van der Waals surface area (Å²) in [6.45, 7) is 0. The van der Waals surface area contributed by atoms with Crippen LogP contribution in [0.4, 0.5) is 5.69 Å². The minimum Gasteiger partial charge on any atom is -0.279 e. The van der Waals surface area contributed by atoms with Gasteiger partial charge in [-0.05, 0) is 64.9 Å². The second-order valence-electron chi connectivity index (χ2n) is 7.21. The summed E-state index contributed by atoms with van der Waals surface area (Å²) in [7, 11) is -3.60. The van der Waals surface area contributed by atoms with E-state index < -0.39 is 14.6 Å². The van der Waals surface area contributed by atoms with Crippen LogP contribution in [0.1, 0.15) is 6.42 Å². The highest BCUT2D eigenvalue weighted by Crippen LogP contribution is 2.35. The zero-order chi connectivity index (χ0) is 22.1. The lowest BCUT2D eigenvalue weighted by molar-refractivity contribution is 0.598. The average Bonchev–Trinajstić information content (AvgIpc) is 3.36. The monoisotopic (exact) mass is 480 g/mol. The number of sulfonamides is 1. The number of anilines is 1. The molecule has 1 N–H and O–H groups in total. The van der Waals surface area contributed by atoms with Gasteiger partial charge in [-0.1, -0.05) is 23.7 Å². The minimum atomic E-state index is -3.60. The molecule has 1 aliphatic rings. The molecule has 0 saturated carbocycles.